The number of hydrogen-bond donors (Lipinski definition) is 2. The van der Waals surface area contributed by atoms with Gasteiger partial charge in [-0.25, -0.2) is 0 Å². The van der Waals surface area contributed by atoms with Crippen molar-refractivity contribution >= 4 is 17.3 Å². The molecule has 108 valence electrons. The van der Waals surface area contributed by atoms with Crippen LogP contribution in [0, 0.1) is 16.0 Å². The van der Waals surface area contributed by atoms with Gasteiger partial charge >= 0.3 is 0 Å². The van der Waals surface area contributed by atoms with E-state index in [-0.39, 0.29) is 35.3 Å². The summed E-state index contributed by atoms with van der Waals surface area (Å²) in [6, 6.07) is 3.80. The highest BCUT2D eigenvalue weighted by molar-refractivity contribution is 5.99. The van der Waals surface area contributed by atoms with Gasteiger partial charge in [-0.15, -0.1) is 0 Å². The Labute approximate surface area is 116 Å². The van der Waals surface area contributed by atoms with Crippen LogP contribution in [-0.2, 0) is 0 Å². The number of β-amino-alcohol motifs (C(OH)–C–C–N with tert-alkyl or cyclic N) is 1. The molecule has 0 bridgehead atoms. The highest BCUT2D eigenvalue weighted by Crippen LogP contribution is 2.24. The quantitative estimate of drug-likeness (QED) is 0.477. The number of non-ortho nitro benzene ring substituents is 1. The molecule has 1 aromatic carbocycles. The molecule has 7 nitrogen and oxygen atoms in total. The second-order valence-electron chi connectivity index (χ2n) is 5.11. The normalized spacial score (nSPS) is 22.6. The van der Waals surface area contributed by atoms with Gasteiger partial charge < -0.3 is 15.7 Å². The fraction of sp³-hybridized carbons (Fsp3) is 0.462. The van der Waals surface area contributed by atoms with Crippen LogP contribution in [-0.4, -0.2) is 40.0 Å². The number of nitro groups is 1. The van der Waals surface area contributed by atoms with Crippen molar-refractivity contribution in [2.75, 3.05) is 18.8 Å². The first kappa shape index (κ1) is 14.3. The maximum Gasteiger partial charge on any atom is 0.270 e. The van der Waals surface area contributed by atoms with Crippen LogP contribution in [0.3, 0.4) is 0 Å². The SMILES string of the molecule is C[C@H]1CCN(C(=O)c2cc([N+](=O)[O-])ccc2N)C[C@@H]1O. The van der Waals surface area contributed by atoms with Crippen LogP contribution in [0.1, 0.15) is 23.7 Å². The molecule has 0 aromatic heterocycles. The molecule has 0 unspecified atom stereocenters. The summed E-state index contributed by atoms with van der Waals surface area (Å²) in [6.45, 7) is 2.66. The van der Waals surface area contributed by atoms with E-state index in [1.807, 2.05) is 6.92 Å². The molecule has 0 spiro atoms. The van der Waals surface area contributed by atoms with Crippen LogP contribution in [0.5, 0.6) is 0 Å². The first-order chi connectivity index (χ1) is 9.40. The van der Waals surface area contributed by atoms with Gasteiger partial charge in [0.05, 0.1) is 16.6 Å². The third-order valence-electron chi connectivity index (χ3n) is 3.68. The lowest BCUT2D eigenvalue weighted by Crippen LogP contribution is -2.46. The molecule has 0 saturated carbocycles. The Morgan fingerprint density at radius 2 is 2.25 bits per heavy atom. The second-order valence-corrected chi connectivity index (χ2v) is 5.11. The number of likely N-dealkylation sites (tertiary alicyclic amines) is 1. The van der Waals surface area contributed by atoms with Gasteiger partial charge in [0, 0.05) is 30.9 Å². The van der Waals surface area contributed by atoms with Gasteiger partial charge in [-0.3, -0.25) is 14.9 Å². The maximum absolute atomic E-state index is 12.4. The van der Waals surface area contributed by atoms with Crippen molar-refractivity contribution in [1.29, 1.82) is 0 Å². The van der Waals surface area contributed by atoms with E-state index in [9.17, 15) is 20.0 Å². The van der Waals surface area contributed by atoms with E-state index in [2.05, 4.69) is 0 Å². The predicted molar refractivity (Wildman–Crippen MR) is 73.2 cm³/mol. The number of piperidine rings is 1. The molecule has 3 N–H and O–H groups in total. The Balaban J connectivity index is 2.25. The zero-order valence-corrected chi connectivity index (χ0v) is 11.2. The first-order valence-corrected chi connectivity index (χ1v) is 6.41. The zero-order valence-electron chi connectivity index (χ0n) is 11.2. The second kappa shape index (κ2) is 5.46. The van der Waals surface area contributed by atoms with Gasteiger partial charge in [0.2, 0.25) is 0 Å². The molecule has 0 radical (unpaired) electrons. The topological polar surface area (TPSA) is 110 Å². The Morgan fingerprint density at radius 3 is 2.85 bits per heavy atom. The number of rotatable bonds is 2. The van der Waals surface area contributed by atoms with E-state index in [0.29, 0.717) is 13.0 Å². The molecule has 2 atom stereocenters. The molecule has 0 aliphatic carbocycles. The van der Waals surface area contributed by atoms with E-state index in [0.717, 1.165) is 0 Å². The molecular formula is C13H17N3O4. The third kappa shape index (κ3) is 2.72. The zero-order chi connectivity index (χ0) is 14.9. The molecule has 1 heterocycles. The van der Waals surface area contributed by atoms with E-state index in [1.165, 1.54) is 23.1 Å². The van der Waals surface area contributed by atoms with Crippen molar-refractivity contribution < 1.29 is 14.8 Å². The molecule has 20 heavy (non-hydrogen) atoms. The van der Waals surface area contributed by atoms with E-state index < -0.39 is 11.0 Å². The molecule has 1 saturated heterocycles. The number of nitrogens with zero attached hydrogens (tertiary/aromatic N) is 2. The standard InChI is InChI=1S/C13H17N3O4/c1-8-4-5-15(7-12(8)17)13(18)10-6-9(16(19)20)2-3-11(10)14/h2-3,6,8,12,17H,4-5,7,14H2,1H3/t8-,12-/m0/s1. The highest BCUT2D eigenvalue weighted by atomic mass is 16.6. The summed E-state index contributed by atoms with van der Waals surface area (Å²) in [5.41, 5.74) is 5.87. The van der Waals surface area contributed by atoms with Crippen molar-refractivity contribution in [3.63, 3.8) is 0 Å². The van der Waals surface area contributed by atoms with Crippen LogP contribution in [0.2, 0.25) is 0 Å². The number of anilines is 1. The van der Waals surface area contributed by atoms with E-state index in [4.69, 9.17) is 5.73 Å². The summed E-state index contributed by atoms with van der Waals surface area (Å²) in [7, 11) is 0. The van der Waals surface area contributed by atoms with Gasteiger partial charge in [-0.05, 0) is 18.4 Å². The number of benzene rings is 1. The van der Waals surface area contributed by atoms with Crippen molar-refractivity contribution in [2.24, 2.45) is 5.92 Å². The molecular weight excluding hydrogens is 262 g/mol. The molecule has 1 fully saturated rings. The predicted octanol–water partition coefficient (Wildman–Crippen LogP) is 1.02. The first-order valence-electron chi connectivity index (χ1n) is 6.41. The minimum Gasteiger partial charge on any atom is -0.398 e. The largest absolute Gasteiger partial charge is 0.398 e. The van der Waals surface area contributed by atoms with Crippen LogP contribution >= 0.6 is 0 Å². The number of aliphatic hydroxyl groups excluding tert-OH is 1. The number of nitro benzene ring substituents is 1. The lowest BCUT2D eigenvalue weighted by Gasteiger charge is -2.34. The highest BCUT2D eigenvalue weighted by Gasteiger charge is 2.29. The Morgan fingerprint density at radius 1 is 1.55 bits per heavy atom. The smallest absolute Gasteiger partial charge is 0.270 e. The minimum absolute atomic E-state index is 0.112. The van der Waals surface area contributed by atoms with Crippen LogP contribution in [0.25, 0.3) is 0 Å². The van der Waals surface area contributed by atoms with Crippen molar-refractivity contribution in [1.82, 2.24) is 4.90 Å². The summed E-state index contributed by atoms with van der Waals surface area (Å²) >= 11 is 0. The van der Waals surface area contributed by atoms with Crippen molar-refractivity contribution in [2.45, 2.75) is 19.4 Å². The number of aliphatic hydroxyl groups is 1. The number of amides is 1. The summed E-state index contributed by atoms with van der Waals surface area (Å²) in [4.78, 5) is 24.0. The Hall–Kier alpha value is -2.15. The fourth-order valence-electron chi connectivity index (χ4n) is 2.25. The lowest BCUT2D eigenvalue weighted by molar-refractivity contribution is -0.384. The average molecular weight is 279 g/mol. The van der Waals surface area contributed by atoms with Gasteiger partial charge in [0.1, 0.15) is 0 Å². The van der Waals surface area contributed by atoms with Crippen molar-refractivity contribution in [3.05, 3.63) is 33.9 Å². The Kier molecular flexibility index (Phi) is 3.89. The van der Waals surface area contributed by atoms with Crippen LogP contribution in [0.4, 0.5) is 11.4 Å². The molecule has 1 aliphatic heterocycles. The molecule has 2 rings (SSSR count). The Bertz CT molecular complexity index is 546. The van der Waals surface area contributed by atoms with E-state index >= 15 is 0 Å². The average Bonchev–Trinajstić information content (AvgIpc) is 2.41. The maximum atomic E-state index is 12.4. The lowest BCUT2D eigenvalue weighted by atomic mass is 9.95. The van der Waals surface area contributed by atoms with Gasteiger partial charge in [0.15, 0.2) is 0 Å². The van der Waals surface area contributed by atoms with Crippen molar-refractivity contribution in [3.8, 4) is 0 Å². The number of nitrogen functional groups attached to an aromatic ring is 1. The summed E-state index contributed by atoms with van der Waals surface area (Å²) in [5.74, 6) is -0.237. The number of hydrogen-bond acceptors (Lipinski definition) is 5. The van der Waals surface area contributed by atoms with E-state index in [1.54, 1.807) is 0 Å². The monoisotopic (exact) mass is 279 g/mol. The number of carbonyl (C=O) groups excluding carboxylic acids is 1. The number of carbonyl (C=O) groups is 1. The number of nitrogens with two attached hydrogens (primary N) is 1. The third-order valence-corrected chi connectivity index (χ3v) is 3.68. The van der Waals surface area contributed by atoms with Crippen LogP contribution in [0.15, 0.2) is 18.2 Å². The molecule has 1 aromatic rings. The summed E-state index contributed by atoms with van der Waals surface area (Å²) in [5, 5.41) is 20.6. The molecule has 7 heteroatoms. The summed E-state index contributed by atoms with van der Waals surface area (Å²) < 4.78 is 0. The summed E-state index contributed by atoms with van der Waals surface area (Å²) in [6.07, 6.45) is 0.120. The minimum atomic E-state index is -0.576. The van der Waals surface area contributed by atoms with Crippen LogP contribution < -0.4 is 5.73 Å². The van der Waals surface area contributed by atoms with Gasteiger partial charge in [-0.1, -0.05) is 6.92 Å². The molecule has 1 aliphatic rings. The molecule has 1 amide bonds. The van der Waals surface area contributed by atoms with Gasteiger partial charge in [0.25, 0.3) is 11.6 Å². The fourth-order valence-corrected chi connectivity index (χ4v) is 2.25. The van der Waals surface area contributed by atoms with Gasteiger partial charge in [-0.2, -0.15) is 0 Å².